The van der Waals surface area contributed by atoms with Crippen LogP contribution < -0.4 is 10.1 Å². The second-order valence-corrected chi connectivity index (χ2v) is 4.86. The maximum Gasteiger partial charge on any atom is 0.239 e. The molecule has 0 radical (unpaired) electrons. The molecule has 1 amide bonds. The number of amides is 1. The van der Waals surface area contributed by atoms with E-state index in [1.165, 1.54) is 0 Å². The van der Waals surface area contributed by atoms with Gasteiger partial charge in [-0.05, 0) is 29.7 Å². The van der Waals surface area contributed by atoms with E-state index in [1.54, 1.807) is 19.2 Å². The maximum atomic E-state index is 12.0. The molecule has 0 aromatic heterocycles. The summed E-state index contributed by atoms with van der Waals surface area (Å²) in [5.74, 6) is 0.628. The van der Waals surface area contributed by atoms with E-state index < -0.39 is 6.04 Å². The zero-order chi connectivity index (χ0) is 15.2. The summed E-state index contributed by atoms with van der Waals surface area (Å²) in [4.78, 5) is 28.2. The average Bonchev–Trinajstić information content (AvgIpc) is 2.54. The Morgan fingerprint density at radius 1 is 1.52 bits per heavy atom. The van der Waals surface area contributed by atoms with E-state index >= 15 is 0 Å². The fourth-order valence-electron chi connectivity index (χ4n) is 2.38. The Labute approximate surface area is 124 Å². The summed E-state index contributed by atoms with van der Waals surface area (Å²) in [7, 11) is 3.20. The summed E-state index contributed by atoms with van der Waals surface area (Å²) < 4.78 is 5.22. The Kier molecular flexibility index (Phi) is 5.30. The molecule has 114 valence electrons. The van der Waals surface area contributed by atoms with E-state index in [-0.39, 0.29) is 5.91 Å². The lowest BCUT2D eigenvalue weighted by molar-refractivity contribution is -0.214. The molecule has 0 saturated carbocycles. The van der Waals surface area contributed by atoms with Gasteiger partial charge in [0.05, 0.1) is 20.3 Å². The number of methoxy groups -OCH3 is 1. The van der Waals surface area contributed by atoms with Crippen LogP contribution in [0.5, 0.6) is 5.75 Å². The highest BCUT2D eigenvalue weighted by Gasteiger charge is 2.29. The molecule has 1 aromatic carbocycles. The first-order valence-electron chi connectivity index (χ1n) is 6.90. The van der Waals surface area contributed by atoms with Crippen molar-refractivity contribution in [1.29, 1.82) is 0 Å². The molecule has 0 aliphatic carbocycles. The number of carbonyl (C=O) groups excluding carboxylic acids is 2. The SMILES string of the molecule is CNC(=O)C(CCC=O)N1Cc2cc(OC)ccc2CO1. The van der Waals surface area contributed by atoms with Crippen molar-refractivity contribution in [2.24, 2.45) is 0 Å². The second kappa shape index (κ2) is 7.19. The van der Waals surface area contributed by atoms with Gasteiger partial charge in [0.25, 0.3) is 0 Å². The molecular formula is C15H20N2O4. The molecule has 1 unspecified atom stereocenters. The molecular weight excluding hydrogens is 272 g/mol. The van der Waals surface area contributed by atoms with Gasteiger partial charge in [-0.1, -0.05) is 6.07 Å². The minimum absolute atomic E-state index is 0.150. The predicted octanol–water partition coefficient (Wildman–Crippen LogP) is 1.04. The van der Waals surface area contributed by atoms with E-state index in [9.17, 15) is 9.59 Å². The number of likely N-dealkylation sites (N-methyl/N-ethyl adjacent to an activating group) is 1. The largest absolute Gasteiger partial charge is 0.497 e. The highest BCUT2D eigenvalue weighted by Crippen LogP contribution is 2.26. The lowest BCUT2D eigenvalue weighted by Crippen LogP contribution is -2.46. The summed E-state index contributed by atoms with van der Waals surface area (Å²) in [6, 6.07) is 5.33. The maximum absolute atomic E-state index is 12.0. The molecule has 1 aliphatic rings. The molecule has 21 heavy (non-hydrogen) atoms. The number of nitrogens with one attached hydrogen (secondary N) is 1. The van der Waals surface area contributed by atoms with Gasteiger partial charge in [-0.25, -0.2) is 0 Å². The van der Waals surface area contributed by atoms with E-state index in [2.05, 4.69) is 5.32 Å². The minimum atomic E-state index is -0.473. The van der Waals surface area contributed by atoms with Crippen LogP contribution >= 0.6 is 0 Å². The highest BCUT2D eigenvalue weighted by atomic mass is 16.7. The number of ether oxygens (including phenoxy) is 1. The third kappa shape index (κ3) is 3.59. The topological polar surface area (TPSA) is 67.9 Å². The molecule has 0 saturated heterocycles. The van der Waals surface area contributed by atoms with Crippen molar-refractivity contribution in [1.82, 2.24) is 10.4 Å². The number of hydrogen-bond donors (Lipinski definition) is 1. The van der Waals surface area contributed by atoms with E-state index in [4.69, 9.17) is 9.57 Å². The molecule has 6 nitrogen and oxygen atoms in total. The molecule has 1 aliphatic heterocycles. The molecule has 1 atom stereocenters. The fourth-order valence-corrected chi connectivity index (χ4v) is 2.38. The molecule has 0 bridgehead atoms. The lowest BCUT2D eigenvalue weighted by Gasteiger charge is -2.33. The first kappa shape index (κ1) is 15.5. The highest BCUT2D eigenvalue weighted by molar-refractivity contribution is 5.81. The minimum Gasteiger partial charge on any atom is -0.497 e. The first-order chi connectivity index (χ1) is 10.2. The van der Waals surface area contributed by atoms with Crippen LogP contribution in [0.15, 0.2) is 18.2 Å². The summed E-state index contributed by atoms with van der Waals surface area (Å²) in [5, 5.41) is 4.26. The zero-order valence-corrected chi connectivity index (χ0v) is 12.3. The van der Waals surface area contributed by atoms with Crippen LogP contribution in [0.25, 0.3) is 0 Å². The summed E-state index contributed by atoms with van der Waals surface area (Å²) >= 11 is 0. The number of fused-ring (bicyclic) bond motifs is 1. The predicted molar refractivity (Wildman–Crippen MR) is 76.5 cm³/mol. The van der Waals surface area contributed by atoms with Crippen LogP contribution in [0.4, 0.5) is 0 Å². The molecule has 1 heterocycles. The van der Waals surface area contributed by atoms with Crippen LogP contribution in [0, 0.1) is 0 Å². The van der Waals surface area contributed by atoms with E-state index in [1.807, 2.05) is 18.2 Å². The van der Waals surface area contributed by atoms with Crippen molar-refractivity contribution < 1.29 is 19.2 Å². The van der Waals surface area contributed by atoms with Gasteiger partial charge in [-0.3, -0.25) is 9.63 Å². The van der Waals surface area contributed by atoms with Gasteiger partial charge in [-0.15, -0.1) is 0 Å². The van der Waals surface area contributed by atoms with Crippen LogP contribution in [0.1, 0.15) is 24.0 Å². The van der Waals surface area contributed by atoms with Gasteiger partial charge in [-0.2, -0.15) is 5.06 Å². The number of carbonyl (C=O) groups is 2. The van der Waals surface area contributed by atoms with Crippen LogP contribution in [0.3, 0.4) is 0 Å². The second-order valence-electron chi connectivity index (χ2n) is 4.86. The smallest absolute Gasteiger partial charge is 0.239 e. The molecule has 1 aromatic rings. The average molecular weight is 292 g/mol. The number of nitrogens with zero attached hydrogens (tertiary/aromatic N) is 1. The van der Waals surface area contributed by atoms with E-state index in [0.29, 0.717) is 26.0 Å². The molecule has 0 fully saturated rings. The quantitative estimate of drug-likeness (QED) is 0.793. The van der Waals surface area contributed by atoms with Gasteiger partial charge in [0.2, 0.25) is 5.91 Å². The van der Waals surface area contributed by atoms with Crippen molar-refractivity contribution in [3.63, 3.8) is 0 Å². The summed E-state index contributed by atoms with van der Waals surface area (Å²) in [6.45, 7) is 0.900. The monoisotopic (exact) mass is 292 g/mol. The molecule has 1 N–H and O–H groups in total. The van der Waals surface area contributed by atoms with Crippen molar-refractivity contribution in [2.45, 2.75) is 32.0 Å². The van der Waals surface area contributed by atoms with Gasteiger partial charge < -0.3 is 14.8 Å². The third-order valence-electron chi connectivity index (χ3n) is 3.58. The first-order valence-corrected chi connectivity index (χ1v) is 6.90. The molecule has 0 spiro atoms. The summed E-state index contributed by atoms with van der Waals surface area (Å²) in [6.07, 6.45) is 1.57. The van der Waals surface area contributed by atoms with Crippen molar-refractivity contribution in [2.75, 3.05) is 14.2 Å². The lowest BCUT2D eigenvalue weighted by atomic mass is 10.0. The number of rotatable bonds is 6. The summed E-state index contributed by atoms with van der Waals surface area (Å²) in [5.41, 5.74) is 2.15. The van der Waals surface area contributed by atoms with Crippen molar-refractivity contribution in [3.05, 3.63) is 29.3 Å². The Morgan fingerprint density at radius 2 is 2.33 bits per heavy atom. The van der Waals surface area contributed by atoms with E-state index in [0.717, 1.165) is 23.2 Å². The number of benzene rings is 1. The van der Waals surface area contributed by atoms with Gasteiger partial charge in [0.15, 0.2) is 0 Å². The normalized spacial score (nSPS) is 15.9. The Hall–Kier alpha value is -1.92. The van der Waals surface area contributed by atoms with Crippen molar-refractivity contribution >= 4 is 12.2 Å². The van der Waals surface area contributed by atoms with Crippen molar-refractivity contribution in [3.8, 4) is 5.75 Å². The Morgan fingerprint density at radius 3 is 3.00 bits per heavy atom. The zero-order valence-electron chi connectivity index (χ0n) is 12.3. The van der Waals surface area contributed by atoms with Crippen LogP contribution in [-0.4, -0.2) is 37.5 Å². The molecule has 6 heteroatoms. The molecule has 2 rings (SSSR count). The third-order valence-corrected chi connectivity index (χ3v) is 3.58. The van der Waals surface area contributed by atoms with Crippen LogP contribution in [-0.2, 0) is 27.6 Å². The number of hydroxylamine groups is 2. The Bertz CT molecular complexity index is 518. The van der Waals surface area contributed by atoms with Gasteiger partial charge in [0.1, 0.15) is 18.1 Å². The number of hydrogen-bond acceptors (Lipinski definition) is 5. The standard InChI is InChI=1S/C15H20N2O4/c1-16-15(19)14(4-3-7-18)17-9-12-8-13(20-2)6-5-11(12)10-21-17/h5-8,14H,3-4,9-10H2,1-2H3,(H,16,19). The van der Waals surface area contributed by atoms with Crippen LogP contribution in [0.2, 0.25) is 0 Å². The fraction of sp³-hybridized carbons (Fsp3) is 0.467. The van der Waals surface area contributed by atoms with Gasteiger partial charge >= 0.3 is 0 Å². The Balaban J connectivity index is 2.16. The number of aldehydes is 1. The van der Waals surface area contributed by atoms with Gasteiger partial charge in [0, 0.05) is 13.5 Å².